The summed E-state index contributed by atoms with van der Waals surface area (Å²) in [7, 11) is 0. The third kappa shape index (κ3) is 4.38. The standard InChI is InChI=1S/C29H31FN2O2/c1-20-4-6-21(7-5-20)22-8-10-23(11-9-22)28-26-18-31(16-2-3-17-32(26)27(28)19-33)29(34)24-12-14-25(30)15-13-24/h4-15,26-28,33H,2-3,16-19H2,1H3/t26-,27+,28-/m1/s1. The second kappa shape index (κ2) is 9.69. The summed E-state index contributed by atoms with van der Waals surface area (Å²) >= 11 is 0. The van der Waals surface area contributed by atoms with Crippen LogP contribution in [-0.2, 0) is 0 Å². The lowest BCUT2D eigenvalue weighted by Crippen LogP contribution is -2.67. The van der Waals surface area contributed by atoms with E-state index in [4.69, 9.17) is 0 Å². The summed E-state index contributed by atoms with van der Waals surface area (Å²) in [5.74, 6) is -0.226. The molecule has 34 heavy (non-hydrogen) atoms. The molecule has 2 aliphatic rings. The van der Waals surface area contributed by atoms with E-state index in [1.165, 1.54) is 34.4 Å². The smallest absolute Gasteiger partial charge is 0.253 e. The van der Waals surface area contributed by atoms with Crippen molar-refractivity contribution in [3.63, 3.8) is 0 Å². The largest absolute Gasteiger partial charge is 0.395 e. The van der Waals surface area contributed by atoms with Gasteiger partial charge in [-0.1, -0.05) is 54.1 Å². The molecule has 3 atom stereocenters. The molecule has 0 spiro atoms. The topological polar surface area (TPSA) is 43.8 Å². The van der Waals surface area contributed by atoms with E-state index >= 15 is 0 Å². The first-order valence-corrected chi connectivity index (χ1v) is 12.1. The number of amides is 1. The number of hydrogen-bond acceptors (Lipinski definition) is 3. The van der Waals surface area contributed by atoms with E-state index in [2.05, 4.69) is 60.4 Å². The molecule has 0 aromatic heterocycles. The van der Waals surface area contributed by atoms with E-state index in [1.807, 2.05) is 4.90 Å². The number of fused-ring (bicyclic) bond motifs is 1. The summed E-state index contributed by atoms with van der Waals surface area (Å²) < 4.78 is 13.4. The van der Waals surface area contributed by atoms with Crippen molar-refractivity contribution in [1.82, 2.24) is 9.80 Å². The van der Waals surface area contributed by atoms with Crippen LogP contribution in [0.4, 0.5) is 4.39 Å². The van der Waals surface area contributed by atoms with Crippen molar-refractivity contribution in [2.75, 3.05) is 26.2 Å². The number of carbonyl (C=O) groups excluding carboxylic acids is 1. The van der Waals surface area contributed by atoms with Gasteiger partial charge in [-0.05, 0) is 67.3 Å². The fourth-order valence-corrected chi connectivity index (χ4v) is 5.54. The minimum Gasteiger partial charge on any atom is -0.395 e. The van der Waals surface area contributed by atoms with Crippen molar-refractivity contribution in [2.24, 2.45) is 0 Å². The van der Waals surface area contributed by atoms with Gasteiger partial charge in [-0.3, -0.25) is 9.69 Å². The Hall–Kier alpha value is -3.02. The number of hydrogen-bond donors (Lipinski definition) is 1. The second-order valence-electron chi connectivity index (χ2n) is 9.53. The first-order valence-electron chi connectivity index (χ1n) is 12.1. The van der Waals surface area contributed by atoms with Gasteiger partial charge in [0.05, 0.1) is 6.61 Å². The first kappa shape index (κ1) is 22.8. The molecule has 4 nitrogen and oxygen atoms in total. The number of aliphatic hydroxyl groups excluding tert-OH is 1. The minimum atomic E-state index is -0.339. The highest BCUT2D eigenvalue weighted by atomic mass is 19.1. The predicted octanol–water partition coefficient (Wildman–Crippen LogP) is 4.87. The SMILES string of the molecule is Cc1ccc(-c2ccc([C@@H]3[C@H]4CN(C(=O)c5ccc(F)cc5)CCCCN4[C@H]3CO)cc2)cc1. The first-order chi connectivity index (χ1) is 16.5. The Morgan fingerprint density at radius 1 is 0.912 bits per heavy atom. The van der Waals surface area contributed by atoms with Crippen LogP contribution < -0.4 is 0 Å². The zero-order chi connectivity index (χ0) is 23.7. The summed E-state index contributed by atoms with van der Waals surface area (Å²) in [6.45, 7) is 4.43. The fourth-order valence-electron chi connectivity index (χ4n) is 5.54. The molecule has 176 valence electrons. The van der Waals surface area contributed by atoms with Crippen LogP contribution in [0.5, 0.6) is 0 Å². The maximum atomic E-state index is 13.4. The van der Waals surface area contributed by atoms with Gasteiger partial charge in [-0.15, -0.1) is 0 Å². The molecule has 3 aromatic rings. The third-order valence-electron chi connectivity index (χ3n) is 7.43. The van der Waals surface area contributed by atoms with Crippen LogP contribution in [0.25, 0.3) is 11.1 Å². The highest BCUT2D eigenvalue weighted by Gasteiger charge is 2.49. The molecular weight excluding hydrogens is 427 g/mol. The van der Waals surface area contributed by atoms with Gasteiger partial charge in [0.1, 0.15) is 5.82 Å². The highest BCUT2D eigenvalue weighted by molar-refractivity contribution is 5.94. The molecule has 0 radical (unpaired) electrons. The van der Waals surface area contributed by atoms with Gasteiger partial charge in [0.25, 0.3) is 5.91 Å². The van der Waals surface area contributed by atoms with Crippen LogP contribution in [0.3, 0.4) is 0 Å². The van der Waals surface area contributed by atoms with Gasteiger partial charge in [-0.25, -0.2) is 4.39 Å². The third-order valence-corrected chi connectivity index (χ3v) is 7.43. The van der Waals surface area contributed by atoms with Crippen molar-refractivity contribution < 1.29 is 14.3 Å². The highest BCUT2D eigenvalue weighted by Crippen LogP contribution is 2.42. The zero-order valence-corrected chi connectivity index (χ0v) is 19.5. The Kier molecular flexibility index (Phi) is 6.48. The van der Waals surface area contributed by atoms with Gasteiger partial charge in [-0.2, -0.15) is 0 Å². The van der Waals surface area contributed by atoms with Gasteiger partial charge < -0.3 is 10.0 Å². The molecule has 0 unspecified atom stereocenters. The molecule has 5 rings (SSSR count). The lowest BCUT2D eigenvalue weighted by molar-refractivity contribution is -0.0606. The van der Waals surface area contributed by atoms with E-state index in [0.717, 1.165) is 19.4 Å². The average Bonchev–Trinajstić information content (AvgIpc) is 2.84. The minimum absolute atomic E-state index is 0.0530. The lowest BCUT2D eigenvalue weighted by atomic mass is 9.74. The lowest BCUT2D eigenvalue weighted by Gasteiger charge is -2.57. The van der Waals surface area contributed by atoms with Crippen LogP contribution >= 0.6 is 0 Å². The molecule has 2 saturated heterocycles. The average molecular weight is 459 g/mol. The monoisotopic (exact) mass is 458 g/mol. The number of nitrogens with zero attached hydrogens (tertiary/aromatic N) is 2. The maximum Gasteiger partial charge on any atom is 0.253 e. The Labute approximate surface area is 200 Å². The molecule has 5 heteroatoms. The molecule has 2 aliphatic heterocycles. The maximum absolute atomic E-state index is 13.4. The molecule has 2 heterocycles. The molecule has 1 amide bonds. The van der Waals surface area contributed by atoms with E-state index in [9.17, 15) is 14.3 Å². The van der Waals surface area contributed by atoms with Crippen LogP contribution in [0.15, 0.2) is 72.8 Å². The number of carbonyl (C=O) groups is 1. The molecule has 2 fully saturated rings. The van der Waals surface area contributed by atoms with E-state index in [1.54, 1.807) is 12.1 Å². The van der Waals surface area contributed by atoms with Gasteiger partial charge in [0.2, 0.25) is 0 Å². The summed E-state index contributed by atoms with van der Waals surface area (Å²) in [4.78, 5) is 17.5. The molecule has 0 aliphatic carbocycles. The Morgan fingerprint density at radius 2 is 1.53 bits per heavy atom. The van der Waals surface area contributed by atoms with Gasteiger partial charge in [0.15, 0.2) is 0 Å². The molecule has 1 N–H and O–H groups in total. The van der Waals surface area contributed by atoms with Crippen molar-refractivity contribution in [3.8, 4) is 11.1 Å². The fraction of sp³-hybridized carbons (Fsp3) is 0.345. The van der Waals surface area contributed by atoms with Crippen molar-refractivity contribution in [3.05, 3.63) is 95.3 Å². The normalized spacial score (nSPS) is 22.9. The van der Waals surface area contributed by atoms with Crippen molar-refractivity contribution in [1.29, 1.82) is 0 Å². The van der Waals surface area contributed by atoms with E-state index < -0.39 is 0 Å². The zero-order valence-electron chi connectivity index (χ0n) is 19.5. The molecule has 0 saturated carbocycles. The van der Waals surface area contributed by atoms with Crippen LogP contribution in [-0.4, -0.2) is 59.1 Å². The van der Waals surface area contributed by atoms with Crippen molar-refractivity contribution >= 4 is 5.91 Å². The van der Waals surface area contributed by atoms with E-state index in [0.29, 0.717) is 18.7 Å². The number of benzene rings is 3. The number of halogens is 1. The summed E-state index contributed by atoms with van der Waals surface area (Å²) in [5, 5.41) is 10.2. The van der Waals surface area contributed by atoms with Gasteiger partial charge in [0, 0.05) is 36.7 Å². The molecule has 0 bridgehead atoms. The van der Waals surface area contributed by atoms with Crippen LogP contribution in [0.1, 0.15) is 40.2 Å². The summed E-state index contributed by atoms with van der Waals surface area (Å²) in [6.07, 6.45) is 1.91. The quantitative estimate of drug-likeness (QED) is 0.607. The Balaban J connectivity index is 1.38. The number of rotatable bonds is 4. The molecular formula is C29H31FN2O2. The summed E-state index contributed by atoms with van der Waals surface area (Å²) in [5.41, 5.74) is 5.32. The number of aliphatic hydroxyl groups is 1. The van der Waals surface area contributed by atoms with Crippen LogP contribution in [0.2, 0.25) is 0 Å². The van der Waals surface area contributed by atoms with Crippen molar-refractivity contribution in [2.45, 2.75) is 37.8 Å². The number of aryl methyl sites for hydroxylation is 1. The Morgan fingerprint density at radius 3 is 2.18 bits per heavy atom. The second-order valence-corrected chi connectivity index (χ2v) is 9.53. The van der Waals surface area contributed by atoms with Gasteiger partial charge >= 0.3 is 0 Å². The van der Waals surface area contributed by atoms with E-state index in [-0.39, 0.29) is 36.3 Å². The summed E-state index contributed by atoms with van der Waals surface area (Å²) in [6, 6.07) is 23.2. The molecule has 3 aromatic carbocycles. The Bertz CT molecular complexity index is 1130. The predicted molar refractivity (Wildman–Crippen MR) is 132 cm³/mol. The van der Waals surface area contributed by atoms with Crippen LogP contribution in [0, 0.1) is 12.7 Å².